The largest absolute Gasteiger partial charge is 0.329 e. The highest BCUT2D eigenvalue weighted by Crippen LogP contribution is 2.38. The van der Waals surface area contributed by atoms with E-state index in [0.29, 0.717) is 0 Å². The molecular weight excluding hydrogens is 543 g/mol. The Morgan fingerprint density at radius 2 is 1.07 bits per heavy atom. The van der Waals surface area contributed by atoms with Crippen LogP contribution in [0, 0.1) is 0 Å². The molecule has 2 aromatic carbocycles. The Balaban J connectivity index is 0.000000210. The fraction of sp³-hybridized carbons (Fsp3) is 0.562. The number of piperazine rings is 2. The molecule has 220 valence electrons. The SMILES string of the molecule is CCCc1cc(CC)cc2c1C(=O)N1CCNC[C@@H]21.CCCc1cc(CC)cc2c1C(=O)N1CCNC[C@H]21.Cl.Cl. The van der Waals surface area contributed by atoms with Crippen LogP contribution in [-0.4, -0.2) is 60.9 Å². The number of amides is 2. The number of nitrogens with zero attached hydrogens (tertiary/aromatic N) is 2. The molecule has 0 aliphatic carbocycles. The van der Waals surface area contributed by atoms with Crippen molar-refractivity contribution in [1.82, 2.24) is 20.4 Å². The highest BCUT2D eigenvalue weighted by Gasteiger charge is 2.40. The van der Waals surface area contributed by atoms with Gasteiger partial charge in [-0.15, -0.1) is 24.8 Å². The van der Waals surface area contributed by atoms with Gasteiger partial charge in [-0.05, 0) is 59.1 Å². The molecule has 0 aromatic heterocycles. The van der Waals surface area contributed by atoms with Crippen LogP contribution in [0.5, 0.6) is 0 Å². The van der Waals surface area contributed by atoms with E-state index in [2.05, 4.69) is 72.4 Å². The average molecular weight is 590 g/mol. The maximum absolute atomic E-state index is 12.6. The summed E-state index contributed by atoms with van der Waals surface area (Å²) in [6.07, 6.45) is 6.29. The molecule has 0 spiro atoms. The number of carbonyl (C=O) groups is 2. The van der Waals surface area contributed by atoms with Crippen molar-refractivity contribution in [2.75, 3.05) is 39.3 Å². The maximum Gasteiger partial charge on any atom is 0.255 e. The smallest absolute Gasteiger partial charge is 0.255 e. The molecule has 2 aromatic rings. The van der Waals surface area contributed by atoms with Crippen LogP contribution in [0.2, 0.25) is 0 Å². The number of carbonyl (C=O) groups excluding carboxylic acids is 2. The zero-order chi connectivity index (χ0) is 26.8. The van der Waals surface area contributed by atoms with Crippen LogP contribution in [-0.2, 0) is 25.7 Å². The molecular formula is C32H46Cl2N4O2. The quantitative estimate of drug-likeness (QED) is 0.471. The summed E-state index contributed by atoms with van der Waals surface area (Å²) in [4.78, 5) is 29.4. The predicted octanol–water partition coefficient (Wildman–Crippen LogP) is 5.45. The third-order valence-electron chi connectivity index (χ3n) is 8.63. The monoisotopic (exact) mass is 588 g/mol. The fourth-order valence-electron chi connectivity index (χ4n) is 6.72. The molecule has 2 atom stereocenters. The lowest BCUT2D eigenvalue weighted by molar-refractivity contribution is 0.0683. The summed E-state index contributed by atoms with van der Waals surface area (Å²) >= 11 is 0. The molecule has 2 amide bonds. The van der Waals surface area contributed by atoms with Gasteiger partial charge in [-0.1, -0.05) is 64.8 Å². The van der Waals surface area contributed by atoms with Crippen molar-refractivity contribution in [2.45, 2.75) is 78.3 Å². The zero-order valence-corrected chi connectivity index (χ0v) is 26.1. The highest BCUT2D eigenvalue weighted by molar-refractivity contribution is 6.01. The van der Waals surface area contributed by atoms with Crippen molar-refractivity contribution in [3.8, 4) is 0 Å². The van der Waals surface area contributed by atoms with Gasteiger partial charge in [-0.25, -0.2) is 0 Å². The Labute approximate surface area is 252 Å². The number of aryl methyl sites for hydroxylation is 4. The topological polar surface area (TPSA) is 64.7 Å². The van der Waals surface area contributed by atoms with Gasteiger partial charge in [-0.2, -0.15) is 0 Å². The standard InChI is InChI=1S/2C16H22N2O.2ClH/c2*1-3-5-12-8-11(4-2)9-13-14-10-17-6-7-18(14)16(19)15(12)13;;/h2*8-9,14,17H,3-7,10H2,1-2H3;2*1H/t2*14-;;/m10../s1. The lowest BCUT2D eigenvalue weighted by Gasteiger charge is -2.30. The average Bonchev–Trinajstić information content (AvgIpc) is 3.41. The molecule has 4 heterocycles. The Morgan fingerprint density at radius 1 is 0.675 bits per heavy atom. The third kappa shape index (κ3) is 5.92. The molecule has 4 aliphatic rings. The minimum Gasteiger partial charge on any atom is -0.329 e. The van der Waals surface area contributed by atoms with Crippen LogP contribution in [0.3, 0.4) is 0 Å². The number of nitrogens with one attached hydrogen (secondary N) is 2. The van der Waals surface area contributed by atoms with E-state index >= 15 is 0 Å². The molecule has 0 radical (unpaired) electrons. The van der Waals surface area contributed by atoms with Crippen LogP contribution in [0.25, 0.3) is 0 Å². The van der Waals surface area contributed by atoms with Gasteiger partial charge in [0.05, 0.1) is 12.1 Å². The second-order valence-corrected chi connectivity index (χ2v) is 11.1. The van der Waals surface area contributed by atoms with Crippen molar-refractivity contribution in [2.24, 2.45) is 0 Å². The molecule has 40 heavy (non-hydrogen) atoms. The molecule has 4 aliphatic heterocycles. The highest BCUT2D eigenvalue weighted by atomic mass is 35.5. The fourth-order valence-corrected chi connectivity index (χ4v) is 6.72. The van der Waals surface area contributed by atoms with E-state index in [1.165, 1.54) is 33.4 Å². The van der Waals surface area contributed by atoms with E-state index in [0.717, 1.165) is 88.9 Å². The lowest BCUT2D eigenvalue weighted by Crippen LogP contribution is -2.44. The minimum atomic E-state index is 0. The van der Waals surface area contributed by atoms with Crippen molar-refractivity contribution >= 4 is 36.6 Å². The Morgan fingerprint density at radius 3 is 1.43 bits per heavy atom. The second kappa shape index (κ2) is 14.2. The summed E-state index contributed by atoms with van der Waals surface area (Å²) in [6, 6.07) is 9.52. The molecule has 2 saturated heterocycles. The molecule has 2 fully saturated rings. The van der Waals surface area contributed by atoms with Gasteiger partial charge in [0, 0.05) is 50.4 Å². The molecule has 8 heteroatoms. The first-order valence-corrected chi connectivity index (χ1v) is 14.9. The van der Waals surface area contributed by atoms with E-state index in [9.17, 15) is 9.59 Å². The van der Waals surface area contributed by atoms with E-state index < -0.39 is 0 Å². The van der Waals surface area contributed by atoms with Crippen LogP contribution in [0.4, 0.5) is 0 Å². The Hall–Kier alpha value is -2.12. The van der Waals surface area contributed by atoms with E-state index in [4.69, 9.17) is 0 Å². The lowest BCUT2D eigenvalue weighted by atomic mass is 9.93. The first-order chi connectivity index (χ1) is 18.5. The number of halogens is 2. The molecule has 6 rings (SSSR count). The van der Waals surface area contributed by atoms with Gasteiger partial charge < -0.3 is 20.4 Å². The van der Waals surface area contributed by atoms with Gasteiger partial charge in [-0.3, -0.25) is 9.59 Å². The van der Waals surface area contributed by atoms with Crippen molar-refractivity contribution in [1.29, 1.82) is 0 Å². The summed E-state index contributed by atoms with van der Waals surface area (Å²) < 4.78 is 0. The van der Waals surface area contributed by atoms with Crippen molar-refractivity contribution < 1.29 is 9.59 Å². The number of fused-ring (bicyclic) bond motifs is 6. The van der Waals surface area contributed by atoms with E-state index in [1.807, 2.05) is 0 Å². The molecule has 0 saturated carbocycles. The van der Waals surface area contributed by atoms with Crippen molar-refractivity contribution in [3.05, 3.63) is 68.8 Å². The Bertz CT molecular complexity index is 1120. The minimum absolute atomic E-state index is 0. The summed E-state index contributed by atoms with van der Waals surface area (Å²) in [5.41, 5.74) is 9.79. The summed E-state index contributed by atoms with van der Waals surface area (Å²) in [7, 11) is 0. The molecule has 0 bridgehead atoms. The molecule has 6 nitrogen and oxygen atoms in total. The van der Waals surface area contributed by atoms with E-state index in [1.54, 1.807) is 0 Å². The van der Waals surface area contributed by atoms with E-state index in [-0.39, 0.29) is 48.7 Å². The zero-order valence-electron chi connectivity index (χ0n) is 24.5. The van der Waals surface area contributed by atoms with Gasteiger partial charge >= 0.3 is 0 Å². The second-order valence-electron chi connectivity index (χ2n) is 11.1. The van der Waals surface area contributed by atoms with Gasteiger partial charge in [0.25, 0.3) is 11.8 Å². The van der Waals surface area contributed by atoms with Crippen molar-refractivity contribution in [3.63, 3.8) is 0 Å². The third-order valence-corrected chi connectivity index (χ3v) is 8.63. The maximum atomic E-state index is 12.6. The van der Waals surface area contributed by atoms with Crippen LogP contribution >= 0.6 is 24.8 Å². The predicted molar refractivity (Wildman–Crippen MR) is 167 cm³/mol. The molecule has 2 N–H and O–H groups in total. The number of hydrogen-bond donors (Lipinski definition) is 2. The summed E-state index contributed by atoms with van der Waals surface area (Å²) in [5.74, 6) is 0.514. The van der Waals surface area contributed by atoms with Gasteiger partial charge in [0.1, 0.15) is 0 Å². The number of hydrogen-bond acceptors (Lipinski definition) is 4. The molecule has 0 unspecified atom stereocenters. The van der Waals surface area contributed by atoms with Gasteiger partial charge in [0.2, 0.25) is 0 Å². The first-order valence-electron chi connectivity index (χ1n) is 14.9. The first kappa shape index (κ1) is 32.4. The van der Waals surface area contributed by atoms with Gasteiger partial charge in [0.15, 0.2) is 0 Å². The normalized spacial score (nSPS) is 20.4. The summed E-state index contributed by atoms with van der Waals surface area (Å²) in [5, 5.41) is 6.83. The number of benzene rings is 2. The van der Waals surface area contributed by atoms with Crippen LogP contribution < -0.4 is 10.6 Å². The number of rotatable bonds is 6. The van der Waals surface area contributed by atoms with Crippen LogP contribution in [0.1, 0.15) is 107 Å². The van der Waals surface area contributed by atoms with Crippen LogP contribution in [0.15, 0.2) is 24.3 Å². The summed E-state index contributed by atoms with van der Waals surface area (Å²) in [6.45, 7) is 14.0. The Kier molecular flexibility index (Phi) is 11.5.